The highest BCUT2D eigenvalue weighted by molar-refractivity contribution is 6.02. The van der Waals surface area contributed by atoms with Gasteiger partial charge in [0.1, 0.15) is 5.75 Å². The zero-order valence-electron chi connectivity index (χ0n) is 13.0. The standard InChI is InChI=1S/C19H21NO2/c1-3-15(2)22-18-11-7-10-17(14-18)20-19(21)13-12-16-8-5-4-6-9-16/h4-15H,3H2,1-2H3,(H,20,21)/b13-12+. The maximum Gasteiger partial charge on any atom is 0.248 e. The molecule has 0 bridgehead atoms. The molecule has 0 aliphatic heterocycles. The van der Waals surface area contributed by atoms with Crippen molar-refractivity contribution in [2.75, 3.05) is 5.32 Å². The second kappa shape index (κ2) is 8.03. The van der Waals surface area contributed by atoms with E-state index in [1.807, 2.05) is 61.5 Å². The van der Waals surface area contributed by atoms with Crippen molar-refractivity contribution < 1.29 is 9.53 Å². The minimum absolute atomic E-state index is 0.156. The molecule has 0 fully saturated rings. The second-order valence-corrected chi connectivity index (χ2v) is 5.10. The first-order valence-electron chi connectivity index (χ1n) is 7.48. The molecular weight excluding hydrogens is 274 g/mol. The number of nitrogens with one attached hydrogen (secondary N) is 1. The van der Waals surface area contributed by atoms with Crippen LogP contribution < -0.4 is 10.1 Å². The van der Waals surface area contributed by atoms with Crippen molar-refractivity contribution >= 4 is 17.7 Å². The van der Waals surface area contributed by atoms with E-state index in [9.17, 15) is 4.79 Å². The van der Waals surface area contributed by atoms with Gasteiger partial charge in [-0.2, -0.15) is 0 Å². The quantitative estimate of drug-likeness (QED) is 0.796. The number of rotatable bonds is 6. The van der Waals surface area contributed by atoms with Crippen molar-refractivity contribution in [1.29, 1.82) is 0 Å². The molecule has 2 aromatic carbocycles. The summed E-state index contributed by atoms with van der Waals surface area (Å²) in [4.78, 5) is 11.9. The lowest BCUT2D eigenvalue weighted by Gasteiger charge is -2.13. The van der Waals surface area contributed by atoms with Crippen molar-refractivity contribution in [3.63, 3.8) is 0 Å². The molecule has 3 nitrogen and oxygen atoms in total. The number of anilines is 1. The van der Waals surface area contributed by atoms with Crippen LogP contribution in [0.4, 0.5) is 5.69 Å². The fourth-order valence-corrected chi connectivity index (χ4v) is 1.88. The SMILES string of the molecule is CCC(C)Oc1cccc(NC(=O)/C=C/c2ccccc2)c1. The van der Waals surface area contributed by atoms with Crippen LogP contribution in [0, 0.1) is 0 Å². The van der Waals surface area contributed by atoms with E-state index in [1.54, 1.807) is 6.08 Å². The van der Waals surface area contributed by atoms with Crippen LogP contribution in [0.1, 0.15) is 25.8 Å². The number of hydrogen-bond acceptors (Lipinski definition) is 2. The summed E-state index contributed by atoms with van der Waals surface area (Å²) >= 11 is 0. The average Bonchev–Trinajstić information content (AvgIpc) is 2.54. The van der Waals surface area contributed by atoms with Gasteiger partial charge < -0.3 is 10.1 Å². The van der Waals surface area contributed by atoms with Gasteiger partial charge in [-0.15, -0.1) is 0 Å². The average molecular weight is 295 g/mol. The first-order chi connectivity index (χ1) is 10.7. The number of hydrogen-bond donors (Lipinski definition) is 1. The maximum absolute atomic E-state index is 11.9. The van der Waals surface area contributed by atoms with E-state index in [1.165, 1.54) is 6.08 Å². The molecule has 0 saturated heterocycles. The molecule has 0 aromatic heterocycles. The Bertz CT molecular complexity index is 635. The van der Waals surface area contributed by atoms with Crippen molar-refractivity contribution in [1.82, 2.24) is 0 Å². The molecule has 2 aromatic rings. The van der Waals surface area contributed by atoms with Gasteiger partial charge in [0.05, 0.1) is 6.10 Å². The van der Waals surface area contributed by atoms with Gasteiger partial charge >= 0.3 is 0 Å². The fourth-order valence-electron chi connectivity index (χ4n) is 1.88. The number of amides is 1. The zero-order chi connectivity index (χ0) is 15.8. The summed E-state index contributed by atoms with van der Waals surface area (Å²) in [5, 5.41) is 2.84. The second-order valence-electron chi connectivity index (χ2n) is 5.10. The van der Waals surface area contributed by atoms with E-state index in [-0.39, 0.29) is 12.0 Å². The lowest BCUT2D eigenvalue weighted by molar-refractivity contribution is -0.111. The van der Waals surface area contributed by atoms with Crippen LogP contribution in [0.2, 0.25) is 0 Å². The van der Waals surface area contributed by atoms with Crippen LogP contribution in [0.15, 0.2) is 60.7 Å². The predicted molar refractivity (Wildman–Crippen MR) is 90.9 cm³/mol. The summed E-state index contributed by atoms with van der Waals surface area (Å²) in [5.41, 5.74) is 1.72. The minimum atomic E-state index is -0.162. The molecule has 1 N–H and O–H groups in total. The highest BCUT2D eigenvalue weighted by atomic mass is 16.5. The Morgan fingerprint density at radius 3 is 2.68 bits per heavy atom. The summed E-state index contributed by atoms with van der Waals surface area (Å²) in [5.74, 6) is 0.601. The Balaban J connectivity index is 1.97. The van der Waals surface area contributed by atoms with E-state index in [2.05, 4.69) is 12.2 Å². The molecule has 0 saturated carbocycles. The van der Waals surface area contributed by atoms with E-state index >= 15 is 0 Å². The summed E-state index contributed by atoms with van der Waals surface area (Å²) in [6.45, 7) is 4.10. The summed E-state index contributed by atoms with van der Waals surface area (Å²) in [6.07, 6.45) is 4.41. The molecule has 0 aliphatic carbocycles. The molecular formula is C19H21NO2. The van der Waals surface area contributed by atoms with Gasteiger partial charge in [-0.25, -0.2) is 0 Å². The normalized spacial score (nSPS) is 12.1. The summed E-state index contributed by atoms with van der Waals surface area (Å²) < 4.78 is 5.75. The van der Waals surface area contributed by atoms with Crippen LogP contribution in [-0.2, 0) is 4.79 Å². The Kier molecular flexibility index (Phi) is 5.78. The van der Waals surface area contributed by atoms with E-state index in [0.29, 0.717) is 0 Å². The third-order valence-corrected chi connectivity index (χ3v) is 3.24. The van der Waals surface area contributed by atoms with Gasteiger partial charge in [-0.1, -0.05) is 43.3 Å². The van der Waals surface area contributed by atoms with Gasteiger partial charge in [0.15, 0.2) is 0 Å². The zero-order valence-corrected chi connectivity index (χ0v) is 13.0. The number of carbonyl (C=O) groups excluding carboxylic acids is 1. The molecule has 0 aliphatic rings. The molecule has 22 heavy (non-hydrogen) atoms. The largest absolute Gasteiger partial charge is 0.491 e. The van der Waals surface area contributed by atoms with Crippen molar-refractivity contribution in [2.45, 2.75) is 26.4 Å². The topological polar surface area (TPSA) is 38.3 Å². The van der Waals surface area contributed by atoms with Crippen molar-refractivity contribution in [3.05, 3.63) is 66.2 Å². The van der Waals surface area contributed by atoms with E-state index in [4.69, 9.17) is 4.74 Å². The van der Waals surface area contributed by atoms with Crippen molar-refractivity contribution in [2.24, 2.45) is 0 Å². The van der Waals surface area contributed by atoms with E-state index < -0.39 is 0 Å². The maximum atomic E-state index is 11.9. The highest BCUT2D eigenvalue weighted by Gasteiger charge is 2.03. The third kappa shape index (κ3) is 5.09. The Morgan fingerprint density at radius 1 is 1.18 bits per heavy atom. The number of benzene rings is 2. The monoisotopic (exact) mass is 295 g/mol. The van der Waals surface area contributed by atoms with Gasteiger partial charge in [0.2, 0.25) is 5.91 Å². The van der Waals surface area contributed by atoms with Crippen LogP contribution in [0.25, 0.3) is 6.08 Å². The van der Waals surface area contributed by atoms with E-state index in [0.717, 1.165) is 23.4 Å². The van der Waals surface area contributed by atoms with Gasteiger partial charge in [-0.05, 0) is 37.1 Å². The molecule has 0 heterocycles. The molecule has 1 atom stereocenters. The smallest absolute Gasteiger partial charge is 0.248 e. The summed E-state index contributed by atoms with van der Waals surface area (Å²) in [7, 11) is 0. The lowest BCUT2D eigenvalue weighted by Crippen LogP contribution is -2.11. The predicted octanol–water partition coefficient (Wildman–Crippen LogP) is 4.52. The van der Waals surface area contributed by atoms with Crippen LogP contribution >= 0.6 is 0 Å². The Labute approximate surface area is 131 Å². The number of ether oxygens (including phenoxy) is 1. The van der Waals surface area contributed by atoms with Crippen LogP contribution in [-0.4, -0.2) is 12.0 Å². The molecule has 0 spiro atoms. The van der Waals surface area contributed by atoms with Gasteiger partial charge in [0.25, 0.3) is 0 Å². The molecule has 3 heteroatoms. The third-order valence-electron chi connectivity index (χ3n) is 3.24. The minimum Gasteiger partial charge on any atom is -0.491 e. The fraction of sp³-hybridized carbons (Fsp3) is 0.211. The molecule has 1 unspecified atom stereocenters. The highest BCUT2D eigenvalue weighted by Crippen LogP contribution is 2.19. The first-order valence-corrected chi connectivity index (χ1v) is 7.48. The molecule has 114 valence electrons. The molecule has 0 radical (unpaired) electrons. The Morgan fingerprint density at radius 2 is 1.95 bits per heavy atom. The van der Waals surface area contributed by atoms with Crippen LogP contribution in [0.3, 0.4) is 0 Å². The Hall–Kier alpha value is -2.55. The van der Waals surface area contributed by atoms with Gasteiger partial charge in [-0.3, -0.25) is 4.79 Å². The van der Waals surface area contributed by atoms with Gasteiger partial charge in [0, 0.05) is 17.8 Å². The number of carbonyl (C=O) groups is 1. The van der Waals surface area contributed by atoms with Crippen molar-refractivity contribution in [3.8, 4) is 5.75 Å². The first kappa shape index (κ1) is 15.8. The van der Waals surface area contributed by atoms with Crippen LogP contribution in [0.5, 0.6) is 5.75 Å². The molecule has 2 rings (SSSR count). The summed E-state index contributed by atoms with van der Waals surface area (Å²) in [6, 6.07) is 17.2. The lowest BCUT2D eigenvalue weighted by atomic mass is 10.2. The molecule has 1 amide bonds.